The van der Waals surface area contributed by atoms with Gasteiger partial charge in [-0.25, -0.2) is 4.90 Å². The Morgan fingerprint density at radius 1 is 0.808 bits per heavy atom. The number of pyridine rings is 1. The van der Waals surface area contributed by atoms with E-state index in [-0.39, 0.29) is 11.8 Å². The van der Waals surface area contributed by atoms with Crippen LogP contribution in [0.4, 0.5) is 5.69 Å². The van der Waals surface area contributed by atoms with Crippen molar-refractivity contribution < 1.29 is 9.59 Å². The number of rotatable bonds is 2. The number of aryl methyl sites for hydroxylation is 1. The summed E-state index contributed by atoms with van der Waals surface area (Å²) in [5.41, 5.74) is 4.01. The Hall–Kier alpha value is -3.53. The predicted octanol–water partition coefficient (Wildman–Crippen LogP) is 4.12. The van der Waals surface area contributed by atoms with Crippen molar-refractivity contribution in [2.24, 2.45) is 0 Å². The molecule has 0 bridgehead atoms. The Morgan fingerprint density at radius 3 is 2.19 bits per heavy atom. The second-order valence-electron chi connectivity index (χ2n) is 6.12. The fourth-order valence-electron chi connectivity index (χ4n) is 3.15. The van der Waals surface area contributed by atoms with Crippen molar-refractivity contribution in [2.45, 2.75) is 6.92 Å². The van der Waals surface area contributed by atoms with E-state index in [1.165, 1.54) is 4.90 Å². The topological polar surface area (TPSA) is 50.3 Å². The summed E-state index contributed by atoms with van der Waals surface area (Å²) in [6.45, 7) is 1.89. The summed E-state index contributed by atoms with van der Waals surface area (Å²) in [5.74, 6) is -0.619. The first-order chi connectivity index (χ1) is 12.7. The number of hydrogen-bond donors (Lipinski definition) is 0. The van der Waals surface area contributed by atoms with Crippen LogP contribution in [-0.2, 0) is 4.79 Å². The molecule has 0 saturated heterocycles. The maximum atomic E-state index is 13.3. The normalized spacial score (nSPS) is 15.3. The van der Waals surface area contributed by atoms with Crippen molar-refractivity contribution in [2.75, 3.05) is 4.90 Å². The maximum Gasteiger partial charge on any atom is 0.265 e. The van der Waals surface area contributed by atoms with Gasteiger partial charge < -0.3 is 0 Å². The standard InChI is InChI=1S/C22H16N2O2/c1-15-6-2-5-9-20(15)24-21(25)18-8-4-3-7-17(18)19(22(24)26)14-16-10-12-23-13-11-16/h2-14H,1H3/b19-14-. The lowest BCUT2D eigenvalue weighted by Gasteiger charge is -2.29. The SMILES string of the molecule is Cc1ccccc1N1C(=O)/C(=C\c2ccncc2)c2ccccc2C1=O. The van der Waals surface area contributed by atoms with Crippen LogP contribution >= 0.6 is 0 Å². The van der Waals surface area contributed by atoms with E-state index in [1.54, 1.807) is 30.6 Å². The Balaban J connectivity index is 1.93. The second kappa shape index (κ2) is 6.41. The van der Waals surface area contributed by atoms with Gasteiger partial charge in [0.2, 0.25) is 0 Å². The molecular formula is C22H16N2O2. The van der Waals surface area contributed by atoms with Crippen LogP contribution in [0, 0.1) is 6.92 Å². The Labute approximate surface area is 151 Å². The first-order valence-electron chi connectivity index (χ1n) is 8.32. The summed E-state index contributed by atoms with van der Waals surface area (Å²) in [4.78, 5) is 31.6. The highest BCUT2D eigenvalue weighted by atomic mass is 16.2. The van der Waals surface area contributed by atoms with Gasteiger partial charge in [-0.15, -0.1) is 0 Å². The molecule has 0 saturated carbocycles. The van der Waals surface area contributed by atoms with Gasteiger partial charge in [0.1, 0.15) is 0 Å². The highest BCUT2D eigenvalue weighted by Crippen LogP contribution is 2.34. The van der Waals surface area contributed by atoms with Crippen LogP contribution < -0.4 is 4.90 Å². The third-order valence-electron chi connectivity index (χ3n) is 4.46. The molecule has 3 aromatic rings. The molecule has 0 N–H and O–H groups in total. The van der Waals surface area contributed by atoms with Crippen LogP contribution in [0.1, 0.15) is 27.0 Å². The largest absolute Gasteiger partial charge is 0.268 e. The van der Waals surface area contributed by atoms with Crippen LogP contribution in [0.2, 0.25) is 0 Å². The van der Waals surface area contributed by atoms with Gasteiger partial charge in [0.05, 0.1) is 5.69 Å². The molecule has 2 aromatic carbocycles. The van der Waals surface area contributed by atoms with Crippen molar-refractivity contribution in [3.8, 4) is 0 Å². The van der Waals surface area contributed by atoms with Crippen molar-refractivity contribution in [3.63, 3.8) is 0 Å². The molecule has 0 unspecified atom stereocenters. The van der Waals surface area contributed by atoms with Gasteiger partial charge in [-0.05, 0) is 54.0 Å². The molecule has 0 aliphatic carbocycles. The molecule has 126 valence electrons. The minimum Gasteiger partial charge on any atom is -0.268 e. The quantitative estimate of drug-likeness (QED) is 0.521. The monoisotopic (exact) mass is 340 g/mol. The minimum absolute atomic E-state index is 0.299. The Bertz CT molecular complexity index is 1040. The molecule has 1 aromatic heterocycles. The van der Waals surface area contributed by atoms with Crippen LogP contribution in [0.3, 0.4) is 0 Å². The minimum atomic E-state index is -0.320. The van der Waals surface area contributed by atoms with Gasteiger partial charge in [-0.1, -0.05) is 36.4 Å². The summed E-state index contributed by atoms with van der Waals surface area (Å²) < 4.78 is 0. The lowest BCUT2D eigenvalue weighted by Crippen LogP contribution is -2.42. The summed E-state index contributed by atoms with van der Waals surface area (Å²) in [6, 6.07) is 18.3. The molecule has 1 aliphatic heterocycles. The zero-order valence-corrected chi connectivity index (χ0v) is 14.2. The van der Waals surface area contributed by atoms with Crippen molar-refractivity contribution >= 4 is 29.2 Å². The number of anilines is 1. The molecule has 0 radical (unpaired) electrons. The van der Waals surface area contributed by atoms with Crippen LogP contribution in [0.25, 0.3) is 11.6 Å². The number of aromatic nitrogens is 1. The number of benzene rings is 2. The van der Waals surface area contributed by atoms with Crippen molar-refractivity contribution in [3.05, 3.63) is 95.3 Å². The number of hydrogen-bond acceptors (Lipinski definition) is 3. The van der Waals surface area contributed by atoms with Crippen molar-refractivity contribution in [1.82, 2.24) is 4.98 Å². The lowest BCUT2D eigenvalue weighted by atomic mass is 9.91. The van der Waals surface area contributed by atoms with E-state index in [1.807, 2.05) is 55.5 Å². The summed E-state index contributed by atoms with van der Waals surface area (Å²) >= 11 is 0. The Kier molecular flexibility index (Phi) is 3.93. The molecular weight excluding hydrogens is 324 g/mol. The highest BCUT2D eigenvalue weighted by molar-refractivity contribution is 6.43. The van der Waals surface area contributed by atoms with Gasteiger partial charge in [-0.2, -0.15) is 0 Å². The van der Waals surface area contributed by atoms with E-state index >= 15 is 0 Å². The first-order valence-corrected chi connectivity index (χ1v) is 8.32. The van der Waals surface area contributed by atoms with E-state index in [0.29, 0.717) is 22.4 Å². The molecule has 2 heterocycles. The molecule has 26 heavy (non-hydrogen) atoms. The van der Waals surface area contributed by atoms with Gasteiger partial charge >= 0.3 is 0 Å². The van der Waals surface area contributed by atoms with E-state index in [2.05, 4.69) is 4.98 Å². The van der Waals surface area contributed by atoms with Gasteiger partial charge in [0.15, 0.2) is 0 Å². The van der Waals surface area contributed by atoms with Crippen molar-refractivity contribution in [1.29, 1.82) is 0 Å². The van der Waals surface area contributed by atoms with Crippen LogP contribution in [0.5, 0.6) is 0 Å². The zero-order chi connectivity index (χ0) is 18.1. The molecule has 0 fully saturated rings. The molecule has 1 aliphatic rings. The number of imide groups is 1. The molecule has 0 atom stereocenters. The number of carbonyl (C=O) groups is 2. The fraction of sp³-hybridized carbons (Fsp3) is 0.0455. The molecule has 0 spiro atoms. The van der Waals surface area contributed by atoms with E-state index in [4.69, 9.17) is 0 Å². The van der Waals surface area contributed by atoms with E-state index in [0.717, 1.165) is 11.1 Å². The molecule has 4 nitrogen and oxygen atoms in total. The molecule has 4 heteroatoms. The summed E-state index contributed by atoms with van der Waals surface area (Å²) in [5, 5.41) is 0. The summed E-state index contributed by atoms with van der Waals surface area (Å²) in [6.07, 6.45) is 5.16. The average Bonchev–Trinajstić information content (AvgIpc) is 2.67. The number of amides is 2. The van der Waals surface area contributed by atoms with Crippen LogP contribution in [-0.4, -0.2) is 16.8 Å². The maximum absolute atomic E-state index is 13.3. The molecule has 2 amide bonds. The smallest absolute Gasteiger partial charge is 0.265 e. The third-order valence-corrected chi connectivity index (χ3v) is 4.46. The van der Waals surface area contributed by atoms with Gasteiger partial charge in [0, 0.05) is 23.5 Å². The fourth-order valence-corrected chi connectivity index (χ4v) is 3.15. The highest BCUT2D eigenvalue weighted by Gasteiger charge is 2.36. The molecule has 4 rings (SSSR count). The number of carbonyl (C=O) groups excluding carboxylic acids is 2. The lowest BCUT2D eigenvalue weighted by molar-refractivity contribution is -0.112. The predicted molar refractivity (Wildman–Crippen MR) is 102 cm³/mol. The van der Waals surface area contributed by atoms with E-state index < -0.39 is 0 Å². The first kappa shape index (κ1) is 16.0. The van der Waals surface area contributed by atoms with Crippen LogP contribution in [0.15, 0.2) is 73.1 Å². The zero-order valence-electron chi connectivity index (χ0n) is 14.2. The van der Waals surface area contributed by atoms with Gasteiger partial charge in [0.25, 0.3) is 11.8 Å². The number of nitrogens with zero attached hydrogens (tertiary/aromatic N) is 2. The third kappa shape index (κ3) is 2.62. The second-order valence-corrected chi connectivity index (χ2v) is 6.12. The number of para-hydroxylation sites is 1. The Morgan fingerprint density at radius 2 is 1.46 bits per heavy atom. The summed E-state index contributed by atoms with van der Waals surface area (Å²) in [7, 11) is 0. The average molecular weight is 340 g/mol. The van der Waals surface area contributed by atoms with Gasteiger partial charge in [-0.3, -0.25) is 14.6 Å². The van der Waals surface area contributed by atoms with E-state index in [9.17, 15) is 9.59 Å². The number of fused-ring (bicyclic) bond motifs is 1.